The van der Waals surface area contributed by atoms with Gasteiger partial charge in [-0.15, -0.1) is 0 Å². The molecule has 7 nitrogen and oxygen atoms in total. The van der Waals surface area contributed by atoms with Crippen LogP contribution in [0.1, 0.15) is 29.6 Å². The van der Waals surface area contributed by atoms with Crippen LogP contribution < -0.4 is 10.4 Å². The van der Waals surface area contributed by atoms with Crippen molar-refractivity contribution in [1.29, 1.82) is 0 Å². The monoisotopic (exact) mass is 341 g/mol. The van der Waals surface area contributed by atoms with Gasteiger partial charge in [-0.2, -0.15) is 0 Å². The van der Waals surface area contributed by atoms with Crippen LogP contribution in [-0.4, -0.2) is 35.1 Å². The van der Waals surface area contributed by atoms with E-state index in [0.29, 0.717) is 0 Å². The summed E-state index contributed by atoms with van der Waals surface area (Å²) in [5.41, 5.74) is -0.0586. The van der Waals surface area contributed by atoms with Gasteiger partial charge in [-0.1, -0.05) is 18.2 Å². The largest absolute Gasteiger partial charge is 0.545 e. The Morgan fingerprint density at radius 1 is 1.08 bits per heavy atom. The molecule has 7 heteroatoms. The minimum absolute atomic E-state index is 0.0897. The molecule has 0 spiro atoms. The van der Waals surface area contributed by atoms with Crippen LogP contribution in [0.15, 0.2) is 24.3 Å². The Kier molecular flexibility index (Phi) is 3.59. The average molecular weight is 341 g/mol. The Morgan fingerprint density at radius 2 is 1.68 bits per heavy atom. The van der Waals surface area contributed by atoms with Crippen LogP contribution in [0.5, 0.6) is 0 Å². The highest BCUT2D eigenvalue weighted by Gasteiger charge is 2.60. The molecule has 2 saturated carbocycles. The molecule has 3 aliphatic rings. The Bertz CT molecular complexity index is 761. The normalized spacial score (nSPS) is 29.8. The SMILES string of the molecule is O=C(CN1C(=O)[C@H]2[C@H]3CC[C@@H](C3)[C@@H]2C1=O)Nc1ccccc1C(=O)[O-]. The molecule has 3 amide bonds. The zero-order valence-corrected chi connectivity index (χ0v) is 13.4. The van der Waals surface area contributed by atoms with E-state index in [1.165, 1.54) is 18.2 Å². The van der Waals surface area contributed by atoms with E-state index in [-0.39, 0.29) is 53.3 Å². The van der Waals surface area contributed by atoms with Crippen molar-refractivity contribution < 1.29 is 24.3 Å². The second kappa shape index (κ2) is 5.68. The van der Waals surface area contributed by atoms with Crippen LogP contribution in [0.2, 0.25) is 0 Å². The van der Waals surface area contributed by atoms with E-state index in [1.54, 1.807) is 6.07 Å². The molecule has 1 saturated heterocycles. The van der Waals surface area contributed by atoms with Gasteiger partial charge in [-0.25, -0.2) is 0 Å². The van der Waals surface area contributed by atoms with E-state index >= 15 is 0 Å². The third-order valence-electron chi connectivity index (χ3n) is 5.74. The van der Waals surface area contributed by atoms with Crippen LogP contribution in [-0.2, 0) is 14.4 Å². The smallest absolute Gasteiger partial charge is 0.244 e. The number of nitrogens with zero attached hydrogens (tertiary/aromatic N) is 1. The van der Waals surface area contributed by atoms with Crippen LogP contribution in [0.3, 0.4) is 0 Å². The number of fused-ring (bicyclic) bond motifs is 5. The van der Waals surface area contributed by atoms with Gasteiger partial charge < -0.3 is 15.2 Å². The van der Waals surface area contributed by atoms with Crippen molar-refractivity contribution in [2.45, 2.75) is 19.3 Å². The molecule has 1 heterocycles. The fraction of sp³-hybridized carbons (Fsp3) is 0.444. The maximum absolute atomic E-state index is 12.6. The first-order valence-electron chi connectivity index (χ1n) is 8.43. The number of benzene rings is 1. The number of carboxylic acid groups (broad SMARTS) is 1. The molecule has 3 fully saturated rings. The average Bonchev–Trinajstić information content (AvgIpc) is 3.25. The number of carbonyl (C=O) groups excluding carboxylic acids is 4. The molecule has 4 rings (SSSR count). The molecule has 4 atom stereocenters. The van der Waals surface area contributed by atoms with Crippen LogP contribution in [0.25, 0.3) is 0 Å². The predicted octanol–water partition coefficient (Wildman–Crippen LogP) is 0.0197. The van der Waals surface area contributed by atoms with Gasteiger partial charge >= 0.3 is 0 Å². The topological polar surface area (TPSA) is 107 Å². The number of hydrogen-bond donors (Lipinski definition) is 1. The summed E-state index contributed by atoms with van der Waals surface area (Å²) < 4.78 is 0. The van der Waals surface area contributed by atoms with E-state index in [1.807, 2.05) is 0 Å². The van der Waals surface area contributed by atoms with Gasteiger partial charge in [-0.05, 0) is 37.2 Å². The zero-order valence-electron chi connectivity index (χ0n) is 13.4. The molecule has 0 aromatic heterocycles. The molecule has 2 bridgehead atoms. The molecule has 25 heavy (non-hydrogen) atoms. The third-order valence-corrected chi connectivity index (χ3v) is 5.74. The number of likely N-dealkylation sites (tertiary alicyclic amines) is 1. The zero-order chi connectivity index (χ0) is 17.7. The fourth-order valence-corrected chi connectivity index (χ4v) is 4.73. The number of aromatic carboxylic acids is 1. The van der Waals surface area contributed by atoms with Crippen molar-refractivity contribution in [2.24, 2.45) is 23.7 Å². The number of carboxylic acids is 1. The first kappa shape index (κ1) is 15.8. The maximum atomic E-state index is 12.6. The number of anilines is 1. The summed E-state index contributed by atoms with van der Waals surface area (Å²) in [5.74, 6) is -2.53. The van der Waals surface area contributed by atoms with E-state index in [0.717, 1.165) is 24.2 Å². The van der Waals surface area contributed by atoms with Crippen molar-refractivity contribution >= 4 is 29.4 Å². The summed E-state index contributed by atoms with van der Waals surface area (Å²) in [5, 5.41) is 13.5. The quantitative estimate of drug-likeness (QED) is 0.777. The van der Waals surface area contributed by atoms with Crippen molar-refractivity contribution in [3.63, 3.8) is 0 Å². The summed E-state index contributed by atoms with van der Waals surface area (Å²) in [6.45, 7) is -0.383. The number of imide groups is 1. The second-order valence-corrected chi connectivity index (χ2v) is 7.03. The first-order valence-corrected chi connectivity index (χ1v) is 8.43. The number of nitrogens with one attached hydrogen (secondary N) is 1. The highest BCUT2D eigenvalue weighted by atomic mass is 16.4. The molecule has 1 aromatic rings. The molecule has 2 aliphatic carbocycles. The minimum Gasteiger partial charge on any atom is -0.545 e. The van der Waals surface area contributed by atoms with Gasteiger partial charge in [0.05, 0.1) is 17.8 Å². The predicted molar refractivity (Wildman–Crippen MR) is 83.9 cm³/mol. The third kappa shape index (κ3) is 2.42. The molecule has 0 radical (unpaired) electrons. The Balaban J connectivity index is 1.48. The van der Waals surface area contributed by atoms with E-state index < -0.39 is 11.9 Å². The van der Waals surface area contributed by atoms with Crippen LogP contribution in [0, 0.1) is 23.7 Å². The summed E-state index contributed by atoms with van der Waals surface area (Å²) in [7, 11) is 0. The molecular formula is C18H17N2O5-. The lowest BCUT2D eigenvalue weighted by molar-refractivity contribution is -0.254. The van der Waals surface area contributed by atoms with Gasteiger partial charge in [0.1, 0.15) is 6.54 Å². The Labute approximate surface area is 144 Å². The Morgan fingerprint density at radius 3 is 2.28 bits per heavy atom. The van der Waals surface area contributed by atoms with E-state index in [4.69, 9.17) is 0 Å². The minimum atomic E-state index is -1.41. The first-order chi connectivity index (χ1) is 12.0. The summed E-state index contributed by atoms with van der Waals surface area (Å²) in [6, 6.07) is 5.85. The molecular weight excluding hydrogens is 324 g/mol. The lowest BCUT2D eigenvalue weighted by Crippen LogP contribution is -2.39. The number of carbonyl (C=O) groups is 4. The number of rotatable bonds is 4. The molecule has 1 aromatic carbocycles. The van der Waals surface area contributed by atoms with Crippen molar-refractivity contribution in [2.75, 3.05) is 11.9 Å². The van der Waals surface area contributed by atoms with Gasteiger partial charge in [0.2, 0.25) is 17.7 Å². The molecule has 1 aliphatic heterocycles. The molecule has 0 unspecified atom stereocenters. The summed E-state index contributed by atoms with van der Waals surface area (Å²) in [4.78, 5) is 49.5. The fourth-order valence-electron chi connectivity index (χ4n) is 4.73. The standard InChI is InChI=1S/C18H18N2O5/c21-13(19-12-4-2-1-3-11(12)18(24)25)8-20-16(22)14-9-5-6-10(7-9)15(14)17(20)23/h1-4,9-10,14-15H,5-8H2,(H,19,21)(H,24,25)/p-1/t9-,10-,14-,15-/m0/s1. The van der Waals surface area contributed by atoms with E-state index in [9.17, 15) is 24.3 Å². The van der Waals surface area contributed by atoms with Gasteiger partial charge in [0.15, 0.2) is 0 Å². The number of para-hydroxylation sites is 1. The highest BCUT2D eigenvalue weighted by Crippen LogP contribution is 2.56. The van der Waals surface area contributed by atoms with Crippen LogP contribution in [0.4, 0.5) is 5.69 Å². The number of amides is 3. The van der Waals surface area contributed by atoms with E-state index in [2.05, 4.69) is 5.32 Å². The lowest BCUT2D eigenvalue weighted by Gasteiger charge is -2.19. The second-order valence-electron chi connectivity index (χ2n) is 7.03. The van der Waals surface area contributed by atoms with Gasteiger partial charge in [-0.3, -0.25) is 19.3 Å². The van der Waals surface area contributed by atoms with Gasteiger partial charge in [0.25, 0.3) is 0 Å². The van der Waals surface area contributed by atoms with Crippen molar-refractivity contribution in [3.8, 4) is 0 Å². The highest BCUT2D eigenvalue weighted by molar-refractivity contribution is 6.10. The molecule has 130 valence electrons. The van der Waals surface area contributed by atoms with Crippen molar-refractivity contribution in [3.05, 3.63) is 29.8 Å². The van der Waals surface area contributed by atoms with Gasteiger partial charge in [0, 0.05) is 11.3 Å². The molecule has 1 N–H and O–H groups in total. The summed E-state index contributed by atoms with van der Waals surface area (Å²) >= 11 is 0. The lowest BCUT2D eigenvalue weighted by atomic mass is 9.81. The van der Waals surface area contributed by atoms with Crippen molar-refractivity contribution in [1.82, 2.24) is 4.90 Å². The number of hydrogen-bond acceptors (Lipinski definition) is 5. The maximum Gasteiger partial charge on any atom is 0.244 e. The van der Waals surface area contributed by atoms with Crippen LogP contribution >= 0.6 is 0 Å². The summed E-state index contributed by atoms with van der Waals surface area (Å²) in [6.07, 6.45) is 2.89. The Hall–Kier alpha value is -2.70.